The van der Waals surface area contributed by atoms with Crippen molar-refractivity contribution in [3.8, 4) is 0 Å². The van der Waals surface area contributed by atoms with Crippen LogP contribution in [0.2, 0.25) is 0 Å². The van der Waals surface area contributed by atoms with Crippen molar-refractivity contribution >= 4 is 23.8 Å². The maximum atomic E-state index is 13.4. The van der Waals surface area contributed by atoms with Crippen molar-refractivity contribution in [3.63, 3.8) is 0 Å². The molecule has 3 nitrogen and oxygen atoms in total. The summed E-state index contributed by atoms with van der Waals surface area (Å²) in [6.07, 6.45) is 2.36. The van der Waals surface area contributed by atoms with E-state index in [1.165, 1.54) is 18.2 Å². The van der Waals surface area contributed by atoms with E-state index in [1.54, 1.807) is 17.8 Å². The van der Waals surface area contributed by atoms with E-state index in [-0.39, 0.29) is 18.3 Å². The molecule has 0 aliphatic rings. The highest BCUT2D eigenvalue weighted by molar-refractivity contribution is 7.98. The zero-order valence-corrected chi connectivity index (χ0v) is 11.5. The van der Waals surface area contributed by atoms with Crippen molar-refractivity contribution in [2.24, 2.45) is 5.92 Å². The summed E-state index contributed by atoms with van der Waals surface area (Å²) in [4.78, 5) is 10.4. The first-order valence-corrected chi connectivity index (χ1v) is 7.06. The molecular formula is C14H17FO3S. The second-order valence-corrected chi connectivity index (χ2v) is 5.40. The molecule has 5 heteroatoms. The molecule has 1 rings (SSSR count). The van der Waals surface area contributed by atoms with E-state index in [4.69, 9.17) is 10.2 Å². The first kappa shape index (κ1) is 15.7. The number of rotatable bonds is 7. The zero-order valence-electron chi connectivity index (χ0n) is 10.7. The Morgan fingerprint density at radius 3 is 2.84 bits per heavy atom. The van der Waals surface area contributed by atoms with Crippen molar-refractivity contribution in [1.82, 2.24) is 0 Å². The Balaban J connectivity index is 2.66. The summed E-state index contributed by atoms with van der Waals surface area (Å²) in [7, 11) is 0. The highest BCUT2D eigenvalue weighted by Gasteiger charge is 2.03. The van der Waals surface area contributed by atoms with Gasteiger partial charge in [-0.1, -0.05) is 13.0 Å². The monoisotopic (exact) mass is 284 g/mol. The van der Waals surface area contributed by atoms with Crippen LogP contribution in [0, 0.1) is 11.7 Å². The standard InChI is InChI=1S/C14H17FO3S/c1-10(7-16)8-19-9-12-4-11(2-3-14(17)18)5-13(15)6-12/h2-6,10,16H,7-9H2,1H3,(H,17,18). The molecule has 104 valence electrons. The average molecular weight is 284 g/mol. The minimum absolute atomic E-state index is 0.142. The van der Waals surface area contributed by atoms with E-state index in [1.807, 2.05) is 6.92 Å². The fraction of sp³-hybridized carbons (Fsp3) is 0.357. The van der Waals surface area contributed by atoms with Gasteiger partial charge in [-0.05, 0) is 41.0 Å². The van der Waals surface area contributed by atoms with Crippen LogP contribution in [0.5, 0.6) is 0 Å². The van der Waals surface area contributed by atoms with Crippen LogP contribution in [0.25, 0.3) is 6.08 Å². The predicted octanol–water partition coefficient (Wildman–Crippen LogP) is 2.79. The van der Waals surface area contributed by atoms with Crippen molar-refractivity contribution < 1.29 is 19.4 Å². The van der Waals surface area contributed by atoms with Gasteiger partial charge >= 0.3 is 5.97 Å². The average Bonchev–Trinajstić information content (AvgIpc) is 2.35. The van der Waals surface area contributed by atoms with Gasteiger partial charge in [0.15, 0.2) is 0 Å². The van der Waals surface area contributed by atoms with Gasteiger partial charge in [0.05, 0.1) is 0 Å². The number of hydrogen-bond donors (Lipinski definition) is 2. The smallest absolute Gasteiger partial charge is 0.328 e. The van der Waals surface area contributed by atoms with Gasteiger partial charge in [0.1, 0.15) is 5.82 Å². The Labute approximate surface area is 116 Å². The Morgan fingerprint density at radius 1 is 1.47 bits per heavy atom. The fourth-order valence-electron chi connectivity index (χ4n) is 1.45. The summed E-state index contributed by atoms with van der Waals surface area (Å²) in [5, 5.41) is 17.4. The number of halogens is 1. The fourth-order valence-corrected chi connectivity index (χ4v) is 2.48. The Bertz CT molecular complexity index is 460. The maximum Gasteiger partial charge on any atom is 0.328 e. The minimum atomic E-state index is -1.06. The molecule has 0 aliphatic heterocycles. The SMILES string of the molecule is CC(CO)CSCc1cc(F)cc(C=CC(=O)O)c1. The lowest BCUT2D eigenvalue weighted by atomic mass is 10.1. The van der Waals surface area contributed by atoms with E-state index in [0.29, 0.717) is 11.3 Å². The van der Waals surface area contributed by atoms with Crippen LogP contribution in [0.1, 0.15) is 18.1 Å². The normalized spacial score (nSPS) is 12.8. The third kappa shape index (κ3) is 6.40. The van der Waals surface area contributed by atoms with E-state index in [0.717, 1.165) is 17.4 Å². The van der Waals surface area contributed by atoms with Crippen molar-refractivity contribution in [2.45, 2.75) is 12.7 Å². The number of benzene rings is 1. The Hall–Kier alpha value is -1.33. The molecule has 2 N–H and O–H groups in total. The van der Waals surface area contributed by atoms with Crippen LogP contribution in [0.3, 0.4) is 0 Å². The highest BCUT2D eigenvalue weighted by Crippen LogP contribution is 2.18. The summed E-state index contributed by atoms with van der Waals surface area (Å²) in [6, 6.07) is 4.50. The quantitative estimate of drug-likeness (QED) is 0.756. The second-order valence-electron chi connectivity index (χ2n) is 4.37. The number of aliphatic hydroxyl groups excluding tert-OH is 1. The van der Waals surface area contributed by atoms with Gasteiger partial charge in [0.25, 0.3) is 0 Å². The van der Waals surface area contributed by atoms with E-state index in [9.17, 15) is 9.18 Å². The van der Waals surface area contributed by atoms with Crippen LogP contribution < -0.4 is 0 Å². The van der Waals surface area contributed by atoms with Gasteiger partial charge in [-0.25, -0.2) is 9.18 Å². The lowest BCUT2D eigenvalue weighted by Crippen LogP contribution is -2.03. The van der Waals surface area contributed by atoms with Gasteiger partial charge in [0, 0.05) is 18.4 Å². The Morgan fingerprint density at radius 2 is 2.21 bits per heavy atom. The molecule has 0 heterocycles. The number of carboxylic acids is 1. The number of carboxylic acid groups (broad SMARTS) is 1. The molecular weight excluding hydrogens is 267 g/mol. The molecule has 0 radical (unpaired) electrons. The van der Waals surface area contributed by atoms with Crippen molar-refractivity contribution in [1.29, 1.82) is 0 Å². The summed E-state index contributed by atoms with van der Waals surface area (Å²) in [5.74, 6) is 0.212. The molecule has 0 bridgehead atoms. The number of thioether (sulfide) groups is 1. The van der Waals surface area contributed by atoms with Crippen LogP contribution in [0.15, 0.2) is 24.3 Å². The molecule has 0 aromatic heterocycles. The number of hydrogen-bond acceptors (Lipinski definition) is 3. The molecule has 1 unspecified atom stereocenters. The topological polar surface area (TPSA) is 57.5 Å². The van der Waals surface area contributed by atoms with Gasteiger partial charge in [-0.3, -0.25) is 0 Å². The molecule has 1 aromatic carbocycles. The second kappa shape index (κ2) is 7.96. The van der Waals surface area contributed by atoms with Crippen molar-refractivity contribution in [3.05, 3.63) is 41.2 Å². The minimum Gasteiger partial charge on any atom is -0.478 e. The van der Waals surface area contributed by atoms with Crippen LogP contribution >= 0.6 is 11.8 Å². The predicted molar refractivity (Wildman–Crippen MR) is 75.5 cm³/mol. The lowest BCUT2D eigenvalue weighted by Gasteiger charge is -2.08. The van der Waals surface area contributed by atoms with Gasteiger partial charge in [0.2, 0.25) is 0 Å². The number of aliphatic hydroxyl groups is 1. The molecule has 0 aliphatic carbocycles. The summed E-state index contributed by atoms with van der Waals surface area (Å²) in [5.41, 5.74) is 1.34. The molecule has 19 heavy (non-hydrogen) atoms. The molecule has 1 aromatic rings. The number of carbonyl (C=O) groups is 1. The first-order chi connectivity index (χ1) is 9.01. The van der Waals surface area contributed by atoms with Gasteiger partial charge in [-0.2, -0.15) is 11.8 Å². The molecule has 0 amide bonds. The highest BCUT2D eigenvalue weighted by atomic mass is 32.2. The molecule has 0 fully saturated rings. The van der Waals surface area contributed by atoms with Crippen LogP contribution in [-0.2, 0) is 10.5 Å². The zero-order chi connectivity index (χ0) is 14.3. The van der Waals surface area contributed by atoms with Gasteiger partial charge in [-0.15, -0.1) is 0 Å². The first-order valence-electron chi connectivity index (χ1n) is 5.90. The van der Waals surface area contributed by atoms with Crippen LogP contribution in [-0.4, -0.2) is 28.5 Å². The molecule has 0 spiro atoms. The summed E-state index contributed by atoms with van der Waals surface area (Å²) in [6.45, 7) is 2.09. The van der Waals surface area contributed by atoms with E-state index < -0.39 is 5.97 Å². The molecule has 1 atom stereocenters. The third-order valence-corrected chi connectivity index (χ3v) is 3.72. The summed E-state index contributed by atoms with van der Waals surface area (Å²) >= 11 is 1.61. The largest absolute Gasteiger partial charge is 0.478 e. The maximum absolute atomic E-state index is 13.4. The lowest BCUT2D eigenvalue weighted by molar-refractivity contribution is -0.131. The van der Waals surface area contributed by atoms with Crippen molar-refractivity contribution in [2.75, 3.05) is 12.4 Å². The Kier molecular flexibility index (Phi) is 6.59. The van der Waals surface area contributed by atoms with Crippen LogP contribution in [0.4, 0.5) is 4.39 Å². The third-order valence-electron chi connectivity index (χ3n) is 2.38. The van der Waals surface area contributed by atoms with E-state index in [2.05, 4.69) is 0 Å². The van der Waals surface area contributed by atoms with E-state index >= 15 is 0 Å². The summed E-state index contributed by atoms with van der Waals surface area (Å²) < 4.78 is 13.4. The molecule has 0 saturated heterocycles. The van der Waals surface area contributed by atoms with Gasteiger partial charge < -0.3 is 10.2 Å². The molecule has 0 saturated carbocycles. The number of aliphatic carboxylic acids is 1.